The van der Waals surface area contributed by atoms with Crippen LogP contribution in [0.2, 0.25) is 0 Å². The van der Waals surface area contributed by atoms with E-state index in [9.17, 15) is 14.4 Å². The van der Waals surface area contributed by atoms with Crippen LogP contribution in [0.5, 0.6) is 0 Å². The first-order valence-electron chi connectivity index (χ1n) is 10.5. The van der Waals surface area contributed by atoms with Crippen LogP contribution in [0.3, 0.4) is 0 Å². The first-order chi connectivity index (χ1) is 14.7. The average Bonchev–Trinajstić information content (AvgIpc) is 3.01. The quantitative estimate of drug-likeness (QED) is 0.631. The van der Waals surface area contributed by atoms with Crippen LogP contribution in [-0.4, -0.2) is 34.5 Å². The lowest BCUT2D eigenvalue weighted by molar-refractivity contribution is -0.158. The summed E-state index contributed by atoms with van der Waals surface area (Å²) in [7, 11) is 0. The smallest absolute Gasteiger partial charge is 0.417 e. The third-order valence-electron chi connectivity index (χ3n) is 5.14. The highest BCUT2D eigenvalue weighted by molar-refractivity contribution is 5.96. The van der Waals surface area contributed by atoms with E-state index in [-0.39, 0.29) is 6.42 Å². The van der Waals surface area contributed by atoms with Crippen molar-refractivity contribution in [2.24, 2.45) is 5.92 Å². The second kappa shape index (κ2) is 9.33. The molecule has 6 heteroatoms. The molecule has 2 aromatic carbocycles. The lowest BCUT2D eigenvalue weighted by atomic mass is 9.93. The van der Waals surface area contributed by atoms with Gasteiger partial charge in [-0.2, -0.15) is 0 Å². The summed E-state index contributed by atoms with van der Waals surface area (Å²) in [4.78, 5) is 39.8. The van der Waals surface area contributed by atoms with Crippen LogP contribution in [0.15, 0.2) is 60.7 Å². The van der Waals surface area contributed by atoms with Crippen molar-refractivity contribution < 1.29 is 23.9 Å². The fraction of sp³-hybridized carbons (Fsp3) is 0.400. The van der Waals surface area contributed by atoms with Crippen molar-refractivity contribution in [3.8, 4) is 0 Å². The van der Waals surface area contributed by atoms with Crippen molar-refractivity contribution in [2.45, 2.75) is 58.3 Å². The topological polar surface area (TPSA) is 72.9 Å². The minimum atomic E-state index is -0.734. The molecule has 3 rings (SSSR count). The Bertz CT molecular complexity index is 920. The van der Waals surface area contributed by atoms with Crippen LogP contribution in [0.25, 0.3) is 0 Å². The number of esters is 1. The summed E-state index contributed by atoms with van der Waals surface area (Å²) < 4.78 is 11.0. The van der Waals surface area contributed by atoms with Crippen LogP contribution in [-0.2, 0) is 25.5 Å². The molecule has 3 atom stereocenters. The number of hydrogen-bond donors (Lipinski definition) is 0. The maximum absolute atomic E-state index is 13.5. The van der Waals surface area contributed by atoms with Gasteiger partial charge in [-0.1, -0.05) is 60.7 Å². The van der Waals surface area contributed by atoms with Gasteiger partial charge in [0, 0.05) is 0 Å². The van der Waals surface area contributed by atoms with E-state index in [0.717, 1.165) is 16.0 Å². The minimum absolute atomic E-state index is 0.114. The molecule has 0 spiro atoms. The minimum Gasteiger partial charge on any atom is -0.460 e. The van der Waals surface area contributed by atoms with Crippen LogP contribution in [0.4, 0.5) is 4.79 Å². The van der Waals surface area contributed by atoms with Gasteiger partial charge in [-0.3, -0.25) is 9.59 Å². The molecule has 0 aromatic heterocycles. The van der Waals surface area contributed by atoms with Gasteiger partial charge in [0.1, 0.15) is 11.7 Å². The van der Waals surface area contributed by atoms with Crippen LogP contribution in [0, 0.1) is 5.92 Å². The second-order valence-corrected chi connectivity index (χ2v) is 8.84. The first-order valence-corrected chi connectivity index (χ1v) is 10.5. The van der Waals surface area contributed by atoms with Crippen LogP contribution in [0.1, 0.15) is 51.3 Å². The molecular weight excluding hydrogens is 394 g/mol. The lowest BCUT2D eigenvalue weighted by Gasteiger charge is -2.26. The molecule has 1 saturated heterocycles. The van der Waals surface area contributed by atoms with Crippen molar-refractivity contribution in [1.29, 1.82) is 0 Å². The van der Waals surface area contributed by atoms with Gasteiger partial charge in [-0.15, -0.1) is 0 Å². The monoisotopic (exact) mass is 423 g/mol. The van der Waals surface area contributed by atoms with E-state index >= 15 is 0 Å². The largest absolute Gasteiger partial charge is 0.460 e. The Kier molecular flexibility index (Phi) is 6.78. The van der Waals surface area contributed by atoms with Crippen molar-refractivity contribution in [1.82, 2.24) is 4.90 Å². The third-order valence-corrected chi connectivity index (χ3v) is 5.14. The Morgan fingerprint density at radius 2 is 1.61 bits per heavy atom. The number of nitrogens with zero attached hydrogens (tertiary/aromatic N) is 1. The van der Waals surface area contributed by atoms with Crippen molar-refractivity contribution in [3.05, 3.63) is 71.8 Å². The summed E-state index contributed by atoms with van der Waals surface area (Å²) >= 11 is 0. The Labute approximate surface area is 183 Å². The zero-order valence-electron chi connectivity index (χ0n) is 18.4. The number of benzene rings is 2. The molecule has 0 aliphatic carbocycles. The molecule has 31 heavy (non-hydrogen) atoms. The number of rotatable bonds is 6. The Morgan fingerprint density at radius 3 is 2.19 bits per heavy atom. The van der Waals surface area contributed by atoms with Crippen molar-refractivity contribution in [2.75, 3.05) is 0 Å². The molecule has 1 aliphatic heterocycles. The van der Waals surface area contributed by atoms with Gasteiger partial charge in [-0.05, 0) is 45.2 Å². The molecule has 0 bridgehead atoms. The number of ether oxygens (including phenoxy) is 2. The molecule has 0 saturated carbocycles. The standard InChI is InChI=1S/C25H29NO5/c1-17-22(19-13-9-6-10-14-19)30-24(29)26(17)23(28)20(15-18-11-7-5-8-12-18)16-21(27)31-25(2,3)4/h5-14,17,20,22H,15-16H2,1-4H3/t17-,20+,22-/m0/s1. The van der Waals surface area contributed by atoms with Gasteiger partial charge in [-0.25, -0.2) is 9.69 Å². The van der Waals surface area contributed by atoms with E-state index in [1.165, 1.54) is 0 Å². The Morgan fingerprint density at radius 1 is 1.03 bits per heavy atom. The molecule has 1 aliphatic rings. The van der Waals surface area contributed by atoms with E-state index in [0.29, 0.717) is 6.42 Å². The molecule has 2 amide bonds. The highest BCUT2D eigenvalue weighted by Gasteiger charge is 2.45. The van der Waals surface area contributed by atoms with Gasteiger partial charge in [0.15, 0.2) is 0 Å². The number of carbonyl (C=O) groups excluding carboxylic acids is 3. The molecule has 0 radical (unpaired) electrons. The molecule has 1 fully saturated rings. The fourth-order valence-electron chi connectivity index (χ4n) is 3.77. The van der Waals surface area contributed by atoms with E-state index < -0.39 is 41.6 Å². The summed E-state index contributed by atoms with van der Waals surface area (Å²) in [5.74, 6) is -1.63. The number of amides is 2. The fourth-order valence-corrected chi connectivity index (χ4v) is 3.77. The SMILES string of the molecule is C[C@H]1[C@@H](c2ccccc2)OC(=O)N1C(=O)[C@@H](CC(=O)OC(C)(C)C)Cc1ccccc1. The summed E-state index contributed by atoms with van der Waals surface area (Å²) in [5.41, 5.74) is 1.07. The summed E-state index contributed by atoms with van der Waals surface area (Å²) in [6, 6.07) is 18.3. The van der Waals surface area contributed by atoms with Crippen molar-refractivity contribution in [3.63, 3.8) is 0 Å². The average molecular weight is 424 g/mol. The lowest BCUT2D eigenvalue weighted by Crippen LogP contribution is -2.43. The molecule has 0 unspecified atom stereocenters. The van der Waals surface area contributed by atoms with Crippen molar-refractivity contribution >= 4 is 18.0 Å². The number of hydrogen-bond acceptors (Lipinski definition) is 5. The van der Waals surface area contributed by atoms with Gasteiger partial charge in [0.25, 0.3) is 0 Å². The predicted octanol–water partition coefficient (Wildman–Crippen LogP) is 4.69. The number of cyclic esters (lactones) is 1. The van der Waals surface area contributed by atoms with Gasteiger partial charge in [0.2, 0.25) is 5.91 Å². The summed E-state index contributed by atoms with van der Waals surface area (Å²) in [5, 5.41) is 0. The Balaban J connectivity index is 1.82. The van der Waals surface area contributed by atoms with Gasteiger partial charge in [0.05, 0.1) is 18.4 Å². The predicted molar refractivity (Wildman–Crippen MR) is 116 cm³/mol. The zero-order valence-corrected chi connectivity index (χ0v) is 18.4. The highest BCUT2D eigenvalue weighted by Crippen LogP contribution is 2.34. The van der Waals surface area contributed by atoms with Gasteiger partial charge < -0.3 is 9.47 Å². The third kappa shape index (κ3) is 5.72. The number of imide groups is 1. The molecule has 164 valence electrons. The molecule has 2 aromatic rings. The zero-order chi connectivity index (χ0) is 22.6. The maximum atomic E-state index is 13.5. The second-order valence-electron chi connectivity index (χ2n) is 8.84. The first kappa shape index (κ1) is 22.5. The number of carbonyl (C=O) groups is 3. The maximum Gasteiger partial charge on any atom is 0.417 e. The molecule has 6 nitrogen and oxygen atoms in total. The van der Waals surface area contributed by atoms with E-state index in [1.54, 1.807) is 27.7 Å². The summed E-state index contributed by atoms with van der Waals surface area (Å²) in [6.07, 6.45) is -1.02. The Hall–Kier alpha value is -3.15. The van der Waals surface area contributed by atoms with E-state index in [4.69, 9.17) is 9.47 Å². The van der Waals surface area contributed by atoms with E-state index in [1.807, 2.05) is 60.7 Å². The molecule has 1 heterocycles. The van der Waals surface area contributed by atoms with E-state index in [2.05, 4.69) is 0 Å². The van der Waals surface area contributed by atoms with Crippen LogP contribution >= 0.6 is 0 Å². The highest BCUT2D eigenvalue weighted by atomic mass is 16.6. The summed E-state index contributed by atoms with van der Waals surface area (Å²) in [6.45, 7) is 7.13. The molecular formula is C25H29NO5. The molecule has 0 N–H and O–H groups in total. The van der Waals surface area contributed by atoms with Gasteiger partial charge >= 0.3 is 12.1 Å². The van der Waals surface area contributed by atoms with Crippen LogP contribution < -0.4 is 0 Å². The normalized spacial score (nSPS) is 19.6.